The number of hydrogen-bond donors (Lipinski definition) is 2. The highest BCUT2D eigenvalue weighted by Gasteiger charge is 2.36. The molecule has 2 atom stereocenters. The average molecular weight is 384 g/mol. The first-order valence-corrected chi connectivity index (χ1v) is 8.95. The quantitative estimate of drug-likeness (QED) is 0.602. The summed E-state index contributed by atoms with van der Waals surface area (Å²) >= 11 is 0. The van der Waals surface area contributed by atoms with Crippen LogP contribution >= 0.6 is 0 Å². The monoisotopic (exact) mass is 384 g/mol. The van der Waals surface area contributed by atoms with Gasteiger partial charge in [-0.3, -0.25) is 4.79 Å². The van der Waals surface area contributed by atoms with Crippen molar-refractivity contribution in [3.8, 4) is 5.88 Å². The van der Waals surface area contributed by atoms with Gasteiger partial charge in [0.25, 0.3) is 0 Å². The van der Waals surface area contributed by atoms with Gasteiger partial charge in [0, 0.05) is 18.3 Å². The lowest BCUT2D eigenvalue weighted by Crippen LogP contribution is -2.26. The van der Waals surface area contributed by atoms with Gasteiger partial charge >= 0.3 is 0 Å². The number of fused-ring (bicyclic) bond motifs is 5. The van der Waals surface area contributed by atoms with Gasteiger partial charge in [0.05, 0.1) is 37.6 Å². The number of aromatic nitrogens is 4. The van der Waals surface area contributed by atoms with Crippen molar-refractivity contribution in [2.24, 2.45) is 0 Å². The molecule has 2 aliphatic heterocycles. The number of amides is 1. The first-order chi connectivity index (χ1) is 13.6. The highest BCUT2D eigenvalue weighted by Crippen LogP contribution is 2.39. The summed E-state index contributed by atoms with van der Waals surface area (Å²) < 4.78 is 21.2. The number of halogens is 1. The van der Waals surface area contributed by atoms with Gasteiger partial charge in [-0.25, -0.2) is 18.9 Å². The van der Waals surface area contributed by atoms with Crippen LogP contribution in [0.2, 0.25) is 0 Å². The van der Waals surface area contributed by atoms with Crippen LogP contribution in [-0.4, -0.2) is 49.9 Å². The zero-order valence-corrected chi connectivity index (χ0v) is 14.7. The van der Waals surface area contributed by atoms with E-state index >= 15 is 0 Å². The standard InChI is InChI=1S/C18H17FN6O3/c19-10-5-12-14-6-11(26)9-24(14)15-1-3-25-17(23-15)13(8-21-25)22-16(27)2-4-28-18(12)20-7-10/h1,3,5,7-8,11,14,26H,2,4,6,9H2,(H,22,27)/t11-,14?/m1/s1. The minimum atomic E-state index is -0.601. The number of nitrogens with zero attached hydrogens (tertiary/aromatic N) is 5. The SMILES string of the molecule is O=C1CCOc2ncc(F)cc2C2C[C@@H](O)CN2c2ccn3ncc(c3n2)N1. The largest absolute Gasteiger partial charge is 0.477 e. The van der Waals surface area contributed by atoms with E-state index in [-0.39, 0.29) is 30.9 Å². The van der Waals surface area contributed by atoms with Crippen molar-refractivity contribution in [2.45, 2.75) is 25.0 Å². The first kappa shape index (κ1) is 16.9. The molecular weight excluding hydrogens is 367 g/mol. The minimum absolute atomic E-state index is 0.0855. The molecule has 0 spiro atoms. The van der Waals surface area contributed by atoms with Crippen LogP contribution < -0.4 is 15.0 Å². The molecule has 1 unspecified atom stereocenters. The molecule has 10 heteroatoms. The summed E-state index contributed by atoms with van der Waals surface area (Å²) in [6.07, 6.45) is 4.22. The summed E-state index contributed by atoms with van der Waals surface area (Å²) in [5, 5.41) is 17.3. The van der Waals surface area contributed by atoms with Crippen molar-refractivity contribution < 1.29 is 19.0 Å². The molecule has 2 bridgehead atoms. The number of carbonyl (C=O) groups excluding carboxylic acids is 1. The number of nitrogens with one attached hydrogen (secondary N) is 1. The van der Waals surface area contributed by atoms with Crippen LogP contribution in [0.5, 0.6) is 5.88 Å². The van der Waals surface area contributed by atoms with Crippen LogP contribution in [0.15, 0.2) is 30.7 Å². The minimum Gasteiger partial charge on any atom is -0.477 e. The Morgan fingerprint density at radius 1 is 1.36 bits per heavy atom. The first-order valence-electron chi connectivity index (χ1n) is 8.95. The topological polar surface area (TPSA) is 105 Å². The summed E-state index contributed by atoms with van der Waals surface area (Å²) in [6, 6.07) is 2.77. The predicted molar refractivity (Wildman–Crippen MR) is 96.6 cm³/mol. The van der Waals surface area contributed by atoms with E-state index in [4.69, 9.17) is 4.74 Å². The molecule has 3 aromatic rings. The molecule has 5 rings (SSSR count). The van der Waals surface area contributed by atoms with Gasteiger partial charge in [-0.05, 0) is 18.6 Å². The van der Waals surface area contributed by atoms with Gasteiger partial charge in [-0.2, -0.15) is 5.10 Å². The van der Waals surface area contributed by atoms with Gasteiger partial charge in [0.1, 0.15) is 17.3 Å². The molecule has 0 aliphatic carbocycles. The van der Waals surface area contributed by atoms with E-state index < -0.39 is 11.9 Å². The van der Waals surface area contributed by atoms with Crippen molar-refractivity contribution >= 4 is 23.1 Å². The molecule has 3 aromatic heterocycles. The Labute approximate surface area is 158 Å². The second-order valence-corrected chi connectivity index (χ2v) is 6.86. The molecule has 1 saturated heterocycles. The molecule has 2 aliphatic rings. The maximum absolute atomic E-state index is 14.0. The van der Waals surface area contributed by atoms with E-state index in [0.29, 0.717) is 35.7 Å². The Hall–Kier alpha value is -3.27. The average Bonchev–Trinajstić information content (AvgIpc) is 3.25. The Balaban J connectivity index is 1.68. The molecular formula is C18H17FN6O3. The van der Waals surface area contributed by atoms with Gasteiger partial charge in [0.15, 0.2) is 5.65 Å². The molecule has 1 amide bonds. The molecule has 1 fully saturated rings. The van der Waals surface area contributed by atoms with E-state index in [2.05, 4.69) is 20.4 Å². The van der Waals surface area contributed by atoms with Gasteiger partial charge < -0.3 is 20.1 Å². The zero-order chi connectivity index (χ0) is 19.3. The van der Waals surface area contributed by atoms with Crippen molar-refractivity contribution in [1.82, 2.24) is 19.6 Å². The Morgan fingerprint density at radius 3 is 3.14 bits per heavy atom. The highest BCUT2D eigenvalue weighted by molar-refractivity contribution is 5.94. The van der Waals surface area contributed by atoms with Crippen molar-refractivity contribution in [2.75, 3.05) is 23.4 Å². The van der Waals surface area contributed by atoms with Crippen LogP contribution in [0.1, 0.15) is 24.4 Å². The molecule has 9 nitrogen and oxygen atoms in total. The molecule has 2 N–H and O–H groups in total. The van der Waals surface area contributed by atoms with Crippen LogP contribution in [0.3, 0.4) is 0 Å². The third-order valence-electron chi connectivity index (χ3n) is 4.97. The Kier molecular flexibility index (Phi) is 3.86. The summed E-state index contributed by atoms with van der Waals surface area (Å²) in [5.41, 5.74) is 1.50. The predicted octanol–water partition coefficient (Wildman–Crippen LogP) is 1.30. The number of anilines is 2. The van der Waals surface area contributed by atoms with Crippen LogP contribution in [0.25, 0.3) is 5.65 Å². The third-order valence-corrected chi connectivity index (χ3v) is 4.97. The van der Waals surface area contributed by atoms with E-state index in [0.717, 1.165) is 6.20 Å². The van der Waals surface area contributed by atoms with E-state index in [1.807, 2.05) is 4.90 Å². The Morgan fingerprint density at radius 2 is 2.25 bits per heavy atom. The zero-order valence-electron chi connectivity index (χ0n) is 14.7. The molecule has 144 valence electrons. The number of hydrogen-bond acceptors (Lipinski definition) is 7. The number of rotatable bonds is 0. The second-order valence-electron chi connectivity index (χ2n) is 6.86. The fraction of sp³-hybridized carbons (Fsp3) is 0.333. The number of carbonyl (C=O) groups is 1. The number of pyridine rings is 1. The van der Waals surface area contributed by atoms with Crippen molar-refractivity contribution in [3.63, 3.8) is 0 Å². The number of ether oxygens (including phenoxy) is 1. The van der Waals surface area contributed by atoms with Crippen molar-refractivity contribution in [3.05, 3.63) is 42.1 Å². The van der Waals surface area contributed by atoms with Crippen LogP contribution in [0, 0.1) is 5.82 Å². The maximum Gasteiger partial charge on any atom is 0.227 e. The molecule has 5 heterocycles. The number of aliphatic hydroxyl groups excluding tert-OH is 1. The fourth-order valence-electron chi connectivity index (χ4n) is 3.72. The molecule has 0 saturated carbocycles. The lowest BCUT2D eigenvalue weighted by molar-refractivity contribution is -0.116. The lowest BCUT2D eigenvalue weighted by Gasteiger charge is -2.26. The normalized spacial score (nSPS) is 21.9. The molecule has 0 radical (unpaired) electrons. The van der Waals surface area contributed by atoms with Gasteiger partial charge in [-0.15, -0.1) is 0 Å². The van der Waals surface area contributed by atoms with E-state index in [1.165, 1.54) is 12.3 Å². The summed E-state index contributed by atoms with van der Waals surface area (Å²) in [5.74, 6) is 0.0919. The maximum atomic E-state index is 14.0. The number of aliphatic hydroxyl groups is 1. The smallest absolute Gasteiger partial charge is 0.227 e. The third kappa shape index (κ3) is 2.82. The lowest BCUT2D eigenvalue weighted by atomic mass is 10.1. The van der Waals surface area contributed by atoms with Crippen LogP contribution in [0.4, 0.5) is 15.9 Å². The summed E-state index contributed by atoms with van der Waals surface area (Å²) in [7, 11) is 0. The Bertz CT molecular complexity index is 1070. The van der Waals surface area contributed by atoms with Crippen molar-refractivity contribution in [1.29, 1.82) is 0 Å². The van der Waals surface area contributed by atoms with Crippen LogP contribution in [-0.2, 0) is 4.79 Å². The fourth-order valence-corrected chi connectivity index (χ4v) is 3.72. The highest BCUT2D eigenvalue weighted by atomic mass is 19.1. The molecule has 0 aromatic carbocycles. The molecule has 28 heavy (non-hydrogen) atoms. The second kappa shape index (κ2) is 6.41. The van der Waals surface area contributed by atoms with Gasteiger partial charge in [-0.1, -0.05) is 0 Å². The summed E-state index contributed by atoms with van der Waals surface area (Å²) in [6.45, 7) is 0.418. The van der Waals surface area contributed by atoms with E-state index in [9.17, 15) is 14.3 Å². The summed E-state index contributed by atoms with van der Waals surface area (Å²) in [4.78, 5) is 22.8. The van der Waals surface area contributed by atoms with E-state index in [1.54, 1.807) is 16.8 Å². The van der Waals surface area contributed by atoms with Gasteiger partial charge in [0.2, 0.25) is 11.8 Å².